The van der Waals surface area contributed by atoms with Gasteiger partial charge >= 0.3 is 6.03 Å². The summed E-state index contributed by atoms with van der Waals surface area (Å²) < 4.78 is 0. The molecule has 2 N–H and O–H groups in total. The number of benzene rings is 1. The van der Waals surface area contributed by atoms with E-state index in [1.54, 1.807) is 12.1 Å². The molecule has 1 heterocycles. The first-order valence-corrected chi connectivity index (χ1v) is 10.6. The number of barbiturate groups is 1. The Morgan fingerprint density at radius 3 is 2.57 bits per heavy atom. The zero-order valence-electron chi connectivity index (χ0n) is 17.6. The number of carbonyl (C=O) groups excluding carboxylic acids is 3. The number of nitrogens with one attached hydrogen (secondary N) is 1. The van der Waals surface area contributed by atoms with Crippen LogP contribution in [0, 0.1) is 0 Å². The molecule has 0 aromatic heterocycles. The summed E-state index contributed by atoms with van der Waals surface area (Å²) in [6.07, 6.45) is 8.44. The second kappa shape index (κ2) is 9.61. The normalized spacial score (nSPS) is 18.5. The summed E-state index contributed by atoms with van der Waals surface area (Å²) >= 11 is 0. The number of phenols is 1. The highest BCUT2D eigenvalue weighted by molar-refractivity contribution is 6.31. The molecule has 1 aliphatic heterocycles. The van der Waals surface area contributed by atoms with Crippen LogP contribution in [0.2, 0.25) is 0 Å². The van der Waals surface area contributed by atoms with Crippen molar-refractivity contribution in [3.05, 3.63) is 41.0 Å². The van der Waals surface area contributed by atoms with Crippen LogP contribution < -0.4 is 10.2 Å². The molecule has 7 heteroatoms. The number of amides is 4. The fourth-order valence-electron chi connectivity index (χ4n) is 3.88. The zero-order valence-corrected chi connectivity index (χ0v) is 17.6. The van der Waals surface area contributed by atoms with Gasteiger partial charge in [0.1, 0.15) is 11.3 Å². The van der Waals surface area contributed by atoms with Gasteiger partial charge in [-0.25, -0.2) is 4.79 Å². The Hall–Kier alpha value is -3.09. The van der Waals surface area contributed by atoms with Crippen LogP contribution in [-0.4, -0.2) is 47.5 Å². The molecule has 1 aromatic carbocycles. The number of phenolic OH excluding ortho intramolecular Hbond substituents is 1. The summed E-state index contributed by atoms with van der Waals surface area (Å²) in [4.78, 5) is 40.5. The highest BCUT2D eigenvalue weighted by Crippen LogP contribution is 2.28. The Bertz CT molecular complexity index is 900. The summed E-state index contributed by atoms with van der Waals surface area (Å²) in [5.74, 6) is -1.40. The standard InChI is InChI=1S/C23H29N3O4/c1-3-25(4-2)18-11-10-17(20(27)15-18)14-19-21(28)24-23(30)26(22(19)29)13-12-16-8-6-5-7-9-16/h8,10-11,14-15,27H,3-7,9,12-13H2,1-2H3,(H,24,28,30). The van der Waals surface area contributed by atoms with Crippen LogP contribution in [0.25, 0.3) is 6.08 Å². The average Bonchev–Trinajstić information content (AvgIpc) is 2.74. The fraction of sp³-hybridized carbons (Fsp3) is 0.435. The van der Waals surface area contributed by atoms with Gasteiger partial charge in [0.15, 0.2) is 0 Å². The van der Waals surface area contributed by atoms with Crippen molar-refractivity contribution in [3.63, 3.8) is 0 Å². The molecule has 1 aliphatic carbocycles. The Balaban J connectivity index is 1.80. The lowest BCUT2D eigenvalue weighted by Gasteiger charge is -2.27. The molecule has 160 valence electrons. The molecule has 0 saturated carbocycles. The Morgan fingerprint density at radius 1 is 1.17 bits per heavy atom. The first-order valence-electron chi connectivity index (χ1n) is 10.6. The Kier molecular flexibility index (Phi) is 6.92. The summed E-state index contributed by atoms with van der Waals surface area (Å²) in [5, 5.41) is 12.7. The highest BCUT2D eigenvalue weighted by Gasteiger charge is 2.35. The third-order valence-corrected chi connectivity index (χ3v) is 5.67. The monoisotopic (exact) mass is 411 g/mol. The summed E-state index contributed by atoms with van der Waals surface area (Å²) in [7, 11) is 0. The third kappa shape index (κ3) is 4.72. The number of urea groups is 1. The number of hydrogen-bond donors (Lipinski definition) is 2. The minimum Gasteiger partial charge on any atom is -0.507 e. The van der Waals surface area contributed by atoms with E-state index >= 15 is 0 Å². The molecule has 1 saturated heterocycles. The van der Waals surface area contributed by atoms with Gasteiger partial charge in [-0.15, -0.1) is 0 Å². The maximum absolute atomic E-state index is 12.9. The van der Waals surface area contributed by atoms with E-state index in [4.69, 9.17) is 0 Å². The van der Waals surface area contributed by atoms with E-state index < -0.39 is 17.8 Å². The second-order valence-electron chi connectivity index (χ2n) is 7.55. The first kappa shape index (κ1) is 21.6. The minimum atomic E-state index is -0.745. The van der Waals surface area contributed by atoms with E-state index in [0.29, 0.717) is 12.0 Å². The van der Waals surface area contributed by atoms with Gasteiger partial charge in [0, 0.05) is 37.0 Å². The fourth-order valence-corrected chi connectivity index (χ4v) is 3.88. The van der Waals surface area contributed by atoms with Crippen LogP contribution in [0.15, 0.2) is 35.4 Å². The van der Waals surface area contributed by atoms with E-state index in [2.05, 4.69) is 16.3 Å². The molecule has 0 unspecified atom stereocenters. The molecular weight excluding hydrogens is 382 g/mol. The molecule has 2 aliphatic rings. The van der Waals surface area contributed by atoms with Gasteiger partial charge in [-0.3, -0.25) is 19.8 Å². The molecule has 4 amide bonds. The zero-order chi connectivity index (χ0) is 21.7. The maximum Gasteiger partial charge on any atom is 0.331 e. The molecule has 1 fully saturated rings. The molecule has 30 heavy (non-hydrogen) atoms. The number of nitrogens with zero attached hydrogens (tertiary/aromatic N) is 2. The van der Waals surface area contributed by atoms with Crippen molar-refractivity contribution in [2.45, 2.75) is 46.0 Å². The smallest absolute Gasteiger partial charge is 0.331 e. The lowest BCUT2D eigenvalue weighted by Crippen LogP contribution is -2.54. The lowest BCUT2D eigenvalue weighted by atomic mass is 9.97. The van der Waals surface area contributed by atoms with Crippen molar-refractivity contribution in [3.8, 4) is 5.75 Å². The van der Waals surface area contributed by atoms with Gasteiger partial charge < -0.3 is 10.0 Å². The predicted octanol–water partition coefficient (Wildman–Crippen LogP) is 3.59. The van der Waals surface area contributed by atoms with E-state index in [1.165, 1.54) is 18.1 Å². The van der Waals surface area contributed by atoms with Crippen molar-refractivity contribution in [2.75, 3.05) is 24.5 Å². The minimum absolute atomic E-state index is 0.0247. The quantitative estimate of drug-likeness (QED) is 0.407. The molecule has 0 atom stereocenters. The van der Waals surface area contributed by atoms with Crippen molar-refractivity contribution in [1.82, 2.24) is 10.2 Å². The van der Waals surface area contributed by atoms with Crippen LogP contribution in [0.5, 0.6) is 5.75 Å². The Labute approximate surface area is 177 Å². The first-order chi connectivity index (χ1) is 14.4. The van der Waals surface area contributed by atoms with Crippen LogP contribution in [-0.2, 0) is 9.59 Å². The van der Waals surface area contributed by atoms with Gasteiger partial charge in [0.2, 0.25) is 0 Å². The van der Waals surface area contributed by atoms with E-state index in [0.717, 1.165) is 42.9 Å². The van der Waals surface area contributed by atoms with E-state index in [9.17, 15) is 19.5 Å². The third-order valence-electron chi connectivity index (χ3n) is 5.67. The van der Waals surface area contributed by atoms with Crippen LogP contribution in [0.1, 0.15) is 51.5 Å². The SMILES string of the molecule is CCN(CC)c1ccc(C=C2C(=O)NC(=O)N(CCC3=CCCCC3)C2=O)c(O)c1. The van der Waals surface area contributed by atoms with Gasteiger partial charge in [-0.05, 0) is 64.2 Å². The number of imide groups is 2. The second-order valence-corrected chi connectivity index (χ2v) is 7.55. The number of aromatic hydroxyl groups is 1. The number of hydrogen-bond acceptors (Lipinski definition) is 5. The molecule has 7 nitrogen and oxygen atoms in total. The average molecular weight is 412 g/mol. The molecular formula is C23H29N3O4. The van der Waals surface area contributed by atoms with E-state index in [-0.39, 0.29) is 17.9 Å². The predicted molar refractivity (Wildman–Crippen MR) is 116 cm³/mol. The number of rotatable bonds is 7. The van der Waals surface area contributed by atoms with E-state index in [1.807, 2.05) is 19.9 Å². The topological polar surface area (TPSA) is 90.0 Å². The van der Waals surface area contributed by atoms with Gasteiger partial charge in [0.25, 0.3) is 11.8 Å². The number of carbonyl (C=O) groups is 3. The van der Waals surface area contributed by atoms with Gasteiger partial charge in [-0.1, -0.05) is 11.6 Å². The molecule has 0 spiro atoms. The van der Waals surface area contributed by atoms with Crippen LogP contribution in [0.4, 0.5) is 10.5 Å². The van der Waals surface area contributed by atoms with Crippen molar-refractivity contribution in [1.29, 1.82) is 0 Å². The highest BCUT2D eigenvalue weighted by atomic mass is 16.3. The van der Waals surface area contributed by atoms with Gasteiger partial charge in [-0.2, -0.15) is 0 Å². The number of anilines is 1. The maximum atomic E-state index is 12.9. The van der Waals surface area contributed by atoms with Crippen LogP contribution >= 0.6 is 0 Å². The van der Waals surface area contributed by atoms with Crippen molar-refractivity contribution >= 4 is 29.6 Å². The largest absolute Gasteiger partial charge is 0.507 e. The molecule has 1 aromatic rings. The summed E-state index contributed by atoms with van der Waals surface area (Å²) in [6.45, 7) is 5.87. The summed E-state index contributed by atoms with van der Waals surface area (Å²) in [5.41, 5.74) is 2.30. The molecule has 0 radical (unpaired) electrons. The Morgan fingerprint density at radius 2 is 1.93 bits per heavy atom. The molecule has 3 rings (SSSR count). The van der Waals surface area contributed by atoms with Gasteiger partial charge in [0.05, 0.1) is 0 Å². The lowest BCUT2D eigenvalue weighted by molar-refractivity contribution is -0.130. The van der Waals surface area contributed by atoms with Crippen LogP contribution in [0.3, 0.4) is 0 Å². The van der Waals surface area contributed by atoms with Crippen molar-refractivity contribution in [2.24, 2.45) is 0 Å². The number of allylic oxidation sites excluding steroid dienone is 1. The molecule has 0 bridgehead atoms. The summed E-state index contributed by atoms with van der Waals surface area (Å²) in [6, 6.07) is 4.43. The van der Waals surface area contributed by atoms with Crippen molar-refractivity contribution < 1.29 is 19.5 Å².